The van der Waals surface area contributed by atoms with Gasteiger partial charge >= 0.3 is 0 Å². The van der Waals surface area contributed by atoms with E-state index < -0.39 is 6.04 Å². The molecule has 1 atom stereocenters. The molecule has 3 aromatic carbocycles. The van der Waals surface area contributed by atoms with Crippen LogP contribution in [-0.4, -0.2) is 35.4 Å². The molecule has 0 bridgehead atoms. The number of hydrogen-bond donors (Lipinski definition) is 1. The molecule has 1 aliphatic carbocycles. The summed E-state index contributed by atoms with van der Waals surface area (Å²) in [6, 6.07) is 21.6. The molecule has 1 N–H and O–H groups in total. The Morgan fingerprint density at radius 2 is 1.62 bits per heavy atom. The topological polar surface area (TPSA) is 58.6 Å². The minimum absolute atomic E-state index is 0.138. The van der Waals surface area contributed by atoms with Crippen LogP contribution in [0.1, 0.15) is 36.8 Å². The van der Waals surface area contributed by atoms with Crippen molar-refractivity contribution in [3.05, 3.63) is 98.4 Å². The Bertz CT molecular complexity index is 1200. The first kappa shape index (κ1) is 27.5. The van der Waals surface area contributed by atoms with Crippen molar-refractivity contribution in [2.24, 2.45) is 0 Å². The molecule has 4 rings (SSSR count). The molecule has 37 heavy (non-hydrogen) atoms. The molecule has 2 amide bonds. The Kier molecular flexibility index (Phi) is 9.89. The van der Waals surface area contributed by atoms with Gasteiger partial charge in [0, 0.05) is 29.1 Å². The molecular weight excluding hydrogens is 575 g/mol. The van der Waals surface area contributed by atoms with Gasteiger partial charge in [0.1, 0.15) is 11.8 Å². The zero-order chi connectivity index (χ0) is 26.2. The second-order valence-electron chi connectivity index (χ2n) is 9.21. The summed E-state index contributed by atoms with van der Waals surface area (Å²) in [4.78, 5) is 29.0. The number of carbonyl (C=O) groups excluding carboxylic acids is 2. The van der Waals surface area contributed by atoms with E-state index in [9.17, 15) is 9.59 Å². The molecule has 0 aliphatic heterocycles. The van der Waals surface area contributed by atoms with E-state index in [0.717, 1.165) is 36.8 Å². The minimum Gasteiger partial charge on any atom is -0.483 e. The van der Waals surface area contributed by atoms with Crippen LogP contribution >= 0.6 is 39.1 Å². The summed E-state index contributed by atoms with van der Waals surface area (Å²) in [5.41, 5.74) is 1.85. The Morgan fingerprint density at radius 1 is 0.946 bits per heavy atom. The molecule has 8 heteroatoms. The van der Waals surface area contributed by atoms with Gasteiger partial charge in [-0.2, -0.15) is 0 Å². The summed E-state index contributed by atoms with van der Waals surface area (Å²) in [5, 5.41) is 4.37. The van der Waals surface area contributed by atoms with Crippen LogP contribution in [0.3, 0.4) is 0 Å². The van der Waals surface area contributed by atoms with Crippen molar-refractivity contribution in [3.63, 3.8) is 0 Å². The minimum atomic E-state index is -0.705. The lowest BCUT2D eigenvalue weighted by molar-refractivity contribution is -0.143. The van der Waals surface area contributed by atoms with E-state index in [1.54, 1.807) is 35.2 Å². The monoisotopic (exact) mass is 602 g/mol. The zero-order valence-corrected chi connectivity index (χ0v) is 23.4. The lowest BCUT2D eigenvalue weighted by atomic mass is 10.0. The molecule has 0 spiro atoms. The van der Waals surface area contributed by atoms with Crippen LogP contribution in [0.2, 0.25) is 10.0 Å². The smallest absolute Gasteiger partial charge is 0.261 e. The van der Waals surface area contributed by atoms with Gasteiger partial charge in [-0.1, -0.05) is 78.5 Å². The zero-order valence-electron chi connectivity index (χ0n) is 20.3. The summed E-state index contributed by atoms with van der Waals surface area (Å²) < 4.78 is 6.51. The molecule has 1 saturated carbocycles. The maximum Gasteiger partial charge on any atom is 0.261 e. The highest BCUT2D eigenvalue weighted by atomic mass is 79.9. The number of rotatable bonds is 10. The van der Waals surface area contributed by atoms with Crippen LogP contribution in [0, 0.1) is 0 Å². The van der Waals surface area contributed by atoms with Crippen LogP contribution in [0.25, 0.3) is 0 Å². The number of halogens is 3. The van der Waals surface area contributed by atoms with Crippen molar-refractivity contribution in [1.82, 2.24) is 10.2 Å². The van der Waals surface area contributed by atoms with Crippen molar-refractivity contribution < 1.29 is 14.3 Å². The molecule has 0 heterocycles. The molecule has 3 aromatic rings. The molecule has 0 radical (unpaired) electrons. The number of nitrogens with one attached hydrogen (secondary N) is 1. The Hall–Kier alpha value is -2.54. The number of ether oxygens (including phenoxy) is 1. The third kappa shape index (κ3) is 7.97. The number of amides is 2. The highest BCUT2D eigenvalue weighted by Gasteiger charge is 2.32. The second-order valence-corrected chi connectivity index (χ2v) is 10.9. The van der Waals surface area contributed by atoms with E-state index in [1.165, 1.54) is 0 Å². The maximum atomic E-state index is 13.7. The van der Waals surface area contributed by atoms with E-state index in [2.05, 4.69) is 21.2 Å². The van der Waals surface area contributed by atoms with Gasteiger partial charge in [0.05, 0.1) is 4.47 Å². The standard InChI is InChI=1S/C29H29BrCl2N2O3/c30-25-17-23(32)14-15-27(25)37-19-28(35)34(18-21-10-12-22(31)13-11-21)26(16-20-6-2-1-3-7-20)29(36)33-24-8-4-5-9-24/h1-3,6-7,10-15,17,24,26H,4-5,8-9,16,18-19H2,(H,33,36). The molecule has 1 fully saturated rings. The van der Waals surface area contributed by atoms with Crippen molar-refractivity contribution in [2.45, 2.75) is 50.7 Å². The van der Waals surface area contributed by atoms with Gasteiger partial charge < -0.3 is 15.0 Å². The highest BCUT2D eigenvalue weighted by molar-refractivity contribution is 9.10. The van der Waals surface area contributed by atoms with E-state index in [4.69, 9.17) is 27.9 Å². The SMILES string of the molecule is O=C(NC1CCCC1)C(Cc1ccccc1)N(Cc1ccc(Cl)cc1)C(=O)COc1ccc(Cl)cc1Br. The average molecular weight is 604 g/mol. The molecule has 194 valence electrons. The molecule has 0 saturated heterocycles. The maximum absolute atomic E-state index is 13.7. The lowest BCUT2D eigenvalue weighted by Gasteiger charge is -2.32. The van der Waals surface area contributed by atoms with Crippen LogP contribution in [-0.2, 0) is 22.6 Å². The number of carbonyl (C=O) groups is 2. The predicted octanol–water partition coefficient (Wildman–Crippen LogP) is 6.83. The van der Waals surface area contributed by atoms with Crippen molar-refractivity contribution in [1.29, 1.82) is 0 Å². The fourth-order valence-electron chi connectivity index (χ4n) is 4.52. The number of hydrogen-bond acceptors (Lipinski definition) is 3. The van der Waals surface area contributed by atoms with Gasteiger partial charge in [0.2, 0.25) is 5.91 Å². The first-order valence-corrected chi connectivity index (χ1v) is 13.9. The Morgan fingerprint density at radius 3 is 2.30 bits per heavy atom. The van der Waals surface area contributed by atoms with Crippen LogP contribution in [0.5, 0.6) is 5.75 Å². The molecule has 1 unspecified atom stereocenters. The van der Waals surface area contributed by atoms with E-state index in [1.807, 2.05) is 42.5 Å². The van der Waals surface area contributed by atoms with E-state index in [0.29, 0.717) is 26.7 Å². The summed E-state index contributed by atoms with van der Waals surface area (Å²) >= 11 is 15.6. The summed E-state index contributed by atoms with van der Waals surface area (Å²) in [6.45, 7) is 0.0204. The van der Waals surface area contributed by atoms with Gasteiger partial charge in [0.25, 0.3) is 5.91 Å². The molecule has 0 aromatic heterocycles. The van der Waals surface area contributed by atoms with Crippen molar-refractivity contribution >= 4 is 50.9 Å². The van der Waals surface area contributed by atoms with Crippen LogP contribution < -0.4 is 10.1 Å². The number of benzene rings is 3. The van der Waals surface area contributed by atoms with E-state index in [-0.39, 0.29) is 31.0 Å². The largest absolute Gasteiger partial charge is 0.483 e. The van der Waals surface area contributed by atoms with Crippen molar-refractivity contribution in [3.8, 4) is 5.75 Å². The van der Waals surface area contributed by atoms with Crippen molar-refractivity contribution in [2.75, 3.05) is 6.61 Å². The lowest BCUT2D eigenvalue weighted by Crippen LogP contribution is -2.53. The van der Waals surface area contributed by atoms with Gasteiger partial charge in [-0.25, -0.2) is 0 Å². The Labute approximate surface area is 236 Å². The predicted molar refractivity (Wildman–Crippen MR) is 151 cm³/mol. The highest BCUT2D eigenvalue weighted by Crippen LogP contribution is 2.28. The Balaban J connectivity index is 1.61. The molecular formula is C29H29BrCl2N2O3. The normalized spacial score (nSPS) is 14.2. The fraction of sp³-hybridized carbons (Fsp3) is 0.310. The van der Waals surface area contributed by atoms with Gasteiger partial charge in [-0.15, -0.1) is 0 Å². The first-order chi connectivity index (χ1) is 17.9. The number of nitrogens with zero attached hydrogens (tertiary/aromatic N) is 1. The average Bonchev–Trinajstić information content (AvgIpc) is 3.40. The van der Waals surface area contributed by atoms with Gasteiger partial charge in [-0.3, -0.25) is 9.59 Å². The third-order valence-corrected chi connectivity index (χ3v) is 7.59. The van der Waals surface area contributed by atoms with Gasteiger partial charge in [-0.05, 0) is 70.2 Å². The third-order valence-electron chi connectivity index (χ3n) is 6.48. The molecule has 1 aliphatic rings. The summed E-state index contributed by atoms with van der Waals surface area (Å²) in [6.07, 6.45) is 4.52. The first-order valence-electron chi connectivity index (χ1n) is 12.3. The van der Waals surface area contributed by atoms with Gasteiger partial charge in [0.15, 0.2) is 6.61 Å². The second kappa shape index (κ2) is 13.3. The summed E-state index contributed by atoms with van der Waals surface area (Å²) in [5.74, 6) is 0.0595. The fourth-order valence-corrected chi connectivity index (χ4v) is 5.45. The quantitative estimate of drug-likeness (QED) is 0.276. The van der Waals surface area contributed by atoms with Crippen LogP contribution in [0.4, 0.5) is 0 Å². The summed E-state index contributed by atoms with van der Waals surface area (Å²) in [7, 11) is 0. The molecule has 5 nitrogen and oxygen atoms in total. The van der Waals surface area contributed by atoms with Crippen LogP contribution in [0.15, 0.2) is 77.3 Å². The van der Waals surface area contributed by atoms with E-state index >= 15 is 0 Å².